The van der Waals surface area contributed by atoms with E-state index in [0.717, 1.165) is 42.7 Å². The SMILES string of the molecule is Cn1c(=O)n(C)c2cc(C(O)CCN3CCCC3)ccc21. The van der Waals surface area contributed by atoms with Crippen LogP contribution in [-0.2, 0) is 14.1 Å². The summed E-state index contributed by atoms with van der Waals surface area (Å²) >= 11 is 0. The second-order valence-corrected chi connectivity index (χ2v) is 6.00. The van der Waals surface area contributed by atoms with Crippen LogP contribution in [0, 0.1) is 0 Å². The number of hydrogen-bond acceptors (Lipinski definition) is 3. The molecule has 0 radical (unpaired) electrons. The van der Waals surface area contributed by atoms with Crippen molar-refractivity contribution in [2.45, 2.75) is 25.4 Å². The Bertz CT molecular complexity index is 695. The van der Waals surface area contributed by atoms with E-state index in [9.17, 15) is 9.90 Å². The molecule has 0 spiro atoms. The number of nitrogens with zero attached hydrogens (tertiary/aromatic N) is 3. The van der Waals surface area contributed by atoms with E-state index in [0.29, 0.717) is 0 Å². The number of fused-ring (bicyclic) bond motifs is 1. The van der Waals surface area contributed by atoms with Gasteiger partial charge in [-0.15, -0.1) is 0 Å². The Balaban J connectivity index is 1.79. The highest BCUT2D eigenvalue weighted by molar-refractivity contribution is 5.76. The average Bonchev–Trinajstić information content (AvgIpc) is 3.09. The molecule has 0 aliphatic carbocycles. The molecule has 2 heterocycles. The number of benzene rings is 1. The lowest BCUT2D eigenvalue weighted by molar-refractivity contribution is 0.149. The minimum atomic E-state index is -0.467. The zero-order chi connectivity index (χ0) is 15.0. The van der Waals surface area contributed by atoms with Crippen molar-refractivity contribution in [2.24, 2.45) is 14.1 Å². The molecule has 0 bridgehead atoms. The quantitative estimate of drug-likeness (QED) is 0.925. The van der Waals surface area contributed by atoms with Crippen LogP contribution in [0.25, 0.3) is 11.0 Å². The molecule has 1 atom stereocenters. The fourth-order valence-electron chi connectivity index (χ4n) is 3.21. The van der Waals surface area contributed by atoms with Crippen LogP contribution in [0.15, 0.2) is 23.0 Å². The summed E-state index contributed by atoms with van der Waals surface area (Å²) < 4.78 is 3.27. The molecule has 5 heteroatoms. The molecule has 0 saturated carbocycles. The lowest BCUT2D eigenvalue weighted by Gasteiger charge is -2.17. The average molecular weight is 289 g/mol. The molecule has 1 fully saturated rings. The predicted octanol–water partition coefficient (Wildman–Crippen LogP) is 1.40. The van der Waals surface area contributed by atoms with Crippen LogP contribution >= 0.6 is 0 Å². The molecule has 114 valence electrons. The Morgan fingerprint density at radius 3 is 2.52 bits per heavy atom. The van der Waals surface area contributed by atoms with E-state index in [4.69, 9.17) is 0 Å². The highest BCUT2D eigenvalue weighted by Crippen LogP contribution is 2.22. The molecule has 1 unspecified atom stereocenters. The van der Waals surface area contributed by atoms with Crippen molar-refractivity contribution in [3.63, 3.8) is 0 Å². The van der Waals surface area contributed by atoms with E-state index in [1.165, 1.54) is 12.8 Å². The largest absolute Gasteiger partial charge is 0.388 e. The third kappa shape index (κ3) is 2.63. The molecule has 21 heavy (non-hydrogen) atoms. The predicted molar refractivity (Wildman–Crippen MR) is 83.4 cm³/mol. The fourth-order valence-corrected chi connectivity index (χ4v) is 3.21. The highest BCUT2D eigenvalue weighted by atomic mass is 16.3. The van der Waals surface area contributed by atoms with Crippen molar-refractivity contribution in [1.82, 2.24) is 14.0 Å². The number of aryl methyl sites for hydroxylation is 2. The topological polar surface area (TPSA) is 50.4 Å². The van der Waals surface area contributed by atoms with Gasteiger partial charge in [0.05, 0.1) is 17.1 Å². The lowest BCUT2D eigenvalue weighted by atomic mass is 10.1. The van der Waals surface area contributed by atoms with Gasteiger partial charge in [0, 0.05) is 20.6 Å². The first-order valence-corrected chi connectivity index (χ1v) is 7.63. The van der Waals surface area contributed by atoms with E-state index in [2.05, 4.69) is 4.90 Å². The van der Waals surface area contributed by atoms with Crippen LogP contribution in [-0.4, -0.2) is 38.8 Å². The van der Waals surface area contributed by atoms with Gasteiger partial charge in [0.2, 0.25) is 0 Å². The van der Waals surface area contributed by atoms with Crippen LogP contribution in [0.3, 0.4) is 0 Å². The van der Waals surface area contributed by atoms with Crippen LogP contribution in [0.1, 0.15) is 30.9 Å². The zero-order valence-corrected chi connectivity index (χ0v) is 12.7. The van der Waals surface area contributed by atoms with E-state index >= 15 is 0 Å². The summed E-state index contributed by atoms with van der Waals surface area (Å²) in [7, 11) is 3.54. The van der Waals surface area contributed by atoms with Crippen LogP contribution in [0.4, 0.5) is 0 Å². The number of rotatable bonds is 4. The first-order chi connectivity index (χ1) is 10.1. The molecule has 3 rings (SSSR count). The van der Waals surface area contributed by atoms with Crippen molar-refractivity contribution in [3.05, 3.63) is 34.2 Å². The molecule has 2 aromatic rings. The molecule has 1 aliphatic rings. The monoisotopic (exact) mass is 289 g/mol. The number of aliphatic hydroxyl groups is 1. The van der Waals surface area contributed by atoms with Crippen LogP contribution < -0.4 is 5.69 Å². The lowest BCUT2D eigenvalue weighted by Crippen LogP contribution is -2.22. The van der Waals surface area contributed by atoms with Gasteiger partial charge in [0.15, 0.2) is 0 Å². The standard InChI is InChI=1S/C16H23N3O2/c1-17-13-6-5-12(11-14(13)18(2)16(17)21)15(20)7-10-19-8-3-4-9-19/h5-6,11,15,20H,3-4,7-10H2,1-2H3. The van der Waals surface area contributed by atoms with Gasteiger partial charge in [0.1, 0.15) is 0 Å². The Morgan fingerprint density at radius 1 is 1.14 bits per heavy atom. The van der Waals surface area contributed by atoms with Crippen LogP contribution in [0.2, 0.25) is 0 Å². The summed E-state index contributed by atoms with van der Waals surface area (Å²) in [5.41, 5.74) is 2.63. The Morgan fingerprint density at radius 2 is 1.81 bits per heavy atom. The minimum Gasteiger partial charge on any atom is -0.388 e. The minimum absolute atomic E-state index is 0.0336. The highest BCUT2D eigenvalue weighted by Gasteiger charge is 2.16. The second kappa shape index (κ2) is 5.66. The third-order valence-electron chi connectivity index (χ3n) is 4.60. The summed E-state index contributed by atoms with van der Waals surface area (Å²) in [5.74, 6) is 0. The zero-order valence-electron chi connectivity index (χ0n) is 12.7. The molecule has 0 amide bonds. The summed E-state index contributed by atoms with van der Waals surface area (Å²) in [5, 5.41) is 10.4. The maximum atomic E-state index is 11.9. The smallest absolute Gasteiger partial charge is 0.328 e. The molecular formula is C16H23N3O2. The Labute approximate surface area is 124 Å². The number of hydrogen-bond donors (Lipinski definition) is 1. The van der Waals surface area contributed by atoms with E-state index in [1.807, 2.05) is 18.2 Å². The summed E-state index contributed by atoms with van der Waals surface area (Å²) in [4.78, 5) is 14.3. The number of aromatic nitrogens is 2. The summed E-state index contributed by atoms with van der Waals surface area (Å²) in [6, 6.07) is 5.78. The van der Waals surface area contributed by atoms with E-state index in [-0.39, 0.29) is 5.69 Å². The van der Waals surface area contributed by atoms with Crippen molar-refractivity contribution in [2.75, 3.05) is 19.6 Å². The van der Waals surface area contributed by atoms with Crippen molar-refractivity contribution >= 4 is 11.0 Å². The molecule has 5 nitrogen and oxygen atoms in total. The third-order valence-corrected chi connectivity index (χ3v) is 4.60. The number of imidazole rings is 1. The molecule has 1 N–H and O–H groups in total. The van der Waals surface area contributed by atoms with Gasteiger partial charge in [-0.2, -0.15) is 0 Å². The van der Waals surface area contributed by atoms with Gasteiger partial charge in [0.25, 0.3) is 0 Å². The van der Waals surface area contributed by atoms with Gasteiger partial charge in [-0.25, -0.2) is 4.79 Å². The first kappa shape index (κ1) is 14.4. The first-order valence-electron chi connectivity index (χ1n) is 7.63. The molecule has 1 saturated heterocycles. The summed E-state index contributed by atoms with van der Waals surface area (Å²) in [6.45, 7) is 3.24. The normalized spacial score (nSPS) is 17.7. The number of aliphatic hydroxyl groups excluding tert-OH is 1. The van der Waals surface area contributed by atoms with Gasteiger partial charge >= 0.3 is 5.69 Å². The Kier molecular flexibility index (Phi) is 3.87. The summed E-state index contributed by atoms with van der Waals surface area (Å²) in [6.07, 6.45) is 2.82. The van der Waals surface area contributed by atoms with Gasteiger partial charge in [-0.1, -0.05) is 6.07 Å². The van der Waals surface area contributed by atoms with Gasteiger partial charge in [-0.3, -0.25) is 9.13 Å². The second-order valence-electron chi connectivity index (χ2n) is 6.00. The van der Waals surface area contributed by atoms with Crippen molar-refractivity contribution < 1.29 is 5.11 Å². The maximum absolute atomic E-state index is 11.9. The molecular weight excluding hydrogens is 266 g/mol. The van der Waals surface area contributed by atoms with E-state index < -0.39 is 6.10 Å². The van der Waals surface area contributed by atoms with Gasteiger partial charge in [-0.05, 0) is 50.0 Å². The van der Waals surface area contributed by atoms with Crippen molar-refractivity contribution in [3.8, 4) is 0 Å². The fraction of sp³-hybridized carbons (Fsp3) is 0.562. The van der Waals surface area contributed by atoms with Gasteiger partial charge < -0.3 is 10.0 Å². The van der Waals surface area contributed by atoms with Crippen molar-refractivity contribution in [1.29, 1.82) is 0 Å². The molecule has 1 aromatic heterocycles. The maximum Gasteiger partial charge on any atom is 0.328 e. The van der Waals surface area contributed by atoms with Crippen LogP contribution in [0.5, 0.6) is 0 Å². The molecule has 1 aromatic carbocycles. The van der Waals surface area contributed by atoms with E-state index in [1.54, 1.807) is 23.2 Å². The Hall–Kier alpha value is -1.59. The molecule has 1 aliphatic heterocycles. The number of likely N-dealkylation sites (tertiary alicyclic amines) is 1.